The van der Waals surface area contributed by atoms with Gasteiger partial charge in [0.1, 0.15) is 0 Å². The molecule has 0 bridgehead atoms. The number of Topliss-reactive ketones (excluding diaryl/α,β-unsaturated/α-hetero) is 1. The molecule has 6 nitrogen and oxygen atoms in total. The van der Waals surface area contributed by atoms with Crippen molar-refractivity contribution in [2.45, 2.75) is 18.0 Å². The third-order valence-corrected chi connectivity index (χ3v) is 4.74. The maximum Gasteiger partial charge on any atom is 0.245 e. The highest BCUT2D eigenvalue weighted by Gasteiger charge is 2.35. The van der Waals surface area contributed by atoms with Crippen LogP contribution in [0.3, 0.4) is 0 Å². The summed E-state index contributed by atoms with van der Waals surface area (Å²) >= 11 is 0. The van der Waals surface area contributed by atoms with E-state index in [9.17, 15) is 18.0 Å². The molecule has 1 aliphatic heterocycles. The molecule has 1 fully saturated rings. The summed E-state index contributed by atoms with van der Waals surface area (Å²) in [5.74, 6) is -0.140. The van der Waals surface area contributed by atoms with E-state index in [2.05, 4.69) is 0 Å². The van der Waals surface area contributed by atoms with E-state index >= 15 is 0 Å². The number of carbonyl (C=O) groups is 2. The minimum Gasteiger partial charge on any atom is -0.354 e. The van der Waals surface area contributed by atoms with Gasteiger partial charge in [0.25, 0.3) is 0 Å². The van der Waals surface area contributed by atoms with Gasteiger partial charge < -0.3 is 4.74 Å². The van der Waals surface area contributed by atoms with Gasteiger partial charge in [-0.25, -0.2) is 8.42 Å². The van der Waals surface area contributed by atoms with E-state index in [1.165, 1.54) is 31.2 Å². The van der Waals surface area contributed by atoms with Crippen LogP contribution in [0, 0.1) is 0 Å². The smallest absolute Gasteiger partial charge is 0.245 e. The molecule has 0 radical (unpaired) electrons. The minimum atomic E-state index is -3.78. The van der Waals surface area contributed by atoms with E-state index in [1.807, 2.05) is 0 Å². The highest BCUT2D eigenvalue weighted by atomic mass is 32.2. The Morgan fingerprint density at radius 1 is 1.37 bits per heavy atom. The predicted octanol–water partition coefficient (Wildman–Crippen LogP) is 0.435. The first kappa shape index (κ1) is 13.9. The Kier molecular flexibility index (Phi) is 3.79. The van der Waals surface area contributed by atoms with Crippen molar-refractivity contribution in [2.75, 3.05) is 13.2 Å². The Labute approximate surface area is 111 Å². The van der Waals surface area contributed by atoms with Crippen LogP contribution in [-0.4, -0.2) is 44.2 Å². The summed E-state index contributed by atoms with van der Waals surface area (Å²) in [6.07, 6.45) is -0.619. The number of nitrogens with zero attached hydrogens (tertiary/aromatic N) is 1. The molecule has 0 N–H and O–H groups in total. The van der Waals surface area contributed by atoms with Gasteiger partial charge in [-0.1, -0.05) is 12.1 Å². The zero-order valence-electron chi connectivity index (χ0n) is 10.3. The summed E-state index contributed by atoms with van der Waals surface area (Å²) in [6, 6.07) is 5.60. The zero-order valence-corrected chi connectivity index (χ0v) is 11.1. The van der Waals surface area contributed by atoms with Crippen molar-refractivity contribution < 1.29 is 22.7 Å². The second-order valence-electron chi connectivity index (χ2n) is 4.09. The van der Waals surface area contributed by atoms with Crippen molar-refractivity contribution in [3.8, 4) is 0 Å². The Morgan fingerprint density at radius 3 is 2.53 bits per heavy atom. The lowest BCUT2D eigenvalue weighted by atomic mass is 10.2. The molecular weight excluding hydrogens is 270 g/mol. The molecule has 0 saturated carbocycles. The summed E-state index contributed by atoms with van der Waals surface area (Å²) in [4.78, 5) is 21.9. The van der Waals surface area contributed by atoms with Gasteiger partial charge in [-0.05, 0) is 19.1 Å². The number of ketones is 1. The van der Waals surface area contributed by atoms with Gasteiger partial charge >= 0.3 is 0 Å². The number of sulfonamides is 1. The Balaban J connectivity index is 2.34. The standard InChI is InChI=1S/C12H13NO5S/c1-9(15)10-2-4-11(5-3-10)19(16,17)13-6-7-18-12(13)8-14/h2-5,8,12H,6-7H2,1H3. The van der Waals surface area contributed by atoms with E-state index in [1.54, 1.807) is 0 Å². The third-order valence-electron chi connectivity index (χ3n) is 2.87. The van der Waals surface area contributed by atoms with Crippen LogP contribution in [0.5, 0.6) is 0 Å². The summed E-state index contributed by atoms with van der Waals surface area (Å²) in [5, 5.41) is 0. The number of aldehydes is 1. The molecule has 7 heteroatoms. The Morgan fingerprint density at radius 2 is 2.00 bits per heavy atom. The topological polar surface area (TPSA) is 80.8 Å². The number of ether oxygens (including phenoxy) is 1. The van der Waals surface area contributed by atoms with E-state index in [0.717, 1.165) is 4.31 Å². The molecule has 1 saturated heterocycles. The summed E-state index contributed by atoms with van der Waals surface area (Å²) in [5.41, 5.74) is 0.434. The second kappa shape index (κ2) is 5.20. The maximum absolute atomic E-state index is 12.3. The van der Waals surface area contributed by atoms with Crippen molar-refractivity contribution in [2.24, 2.45) is 0 Å². The van der Waals surface area contributed by atoms with Crippen LogP contribution in [0.15, 0.2) is 29.2 Å². The van der Waals surface area contributed by atoms with Crippen molar-refractivity contribution >= 4 is 22.1 Å². The van der Waals surface area contributed by atoms with Gasteiger partial charge in [-0.3, -0.25) is 9.59 Å². The van der Waals surface area contributed by atoms with Crippen LogP contribution in [0.4, 0.5) is 0 Å². The third kappa shape index (κ3) is 2.58. The van der Waals surface area contributed by atoms with E-state index in [0.29, 0.717) is 11.8 Å². The van der Waals surface area contributed by atoms with Crippen LogP contribution in [0.2, 0.25) is 0 Å². The largest absolute Gasteiger partial charge is 0.354 e. The molecule has 0 aliphatic carbocycles. The number of rotatable bonds is 4. The van der Waals surface area contributed by atoms with Crippen molar-refractivity contribution in [1.82, 2.24) is 4.31 Å². The predicted molar refractivity (Wildman–Crippen MR) is 66.1 cm³/mol. The Bertz CT molecular complexity index is 593. The number of carbonyl (C=O) groups excluding carboxylic acids is 2. The SMILES string of the molecule is CC(=O)c1ccc(S(=O)(=O)N2CCOC2C=O)cc1. The van der Waals surface area contributed by atoms with E-state index in [4.69, 9.17) is 4.74 Å². The van der Waals surface area contributed by atoms with Crippen molar-refractivity contribution in [3.63, 3.8) is 0 Å². The van der Waals surface area contributed by atoms with Gasteiger partial charge in [-0.15, -0.1) is 0 Å². The highest BCUT2D eigenvalue weighted by molar-refractivity contribution is 7.89. The molecule has 102 valence electrons. The summed E-state index contributed by atoms with van der Waals surface area (Å²) in [7, 11) is -3.78. The lowest BCUT2D eigenvalue weighted by Gasteiger charge is -2.18. The monoisotopic (exact) mass is 283 g/mol. The zero-order chi connectivity index (χ0) is 14.0. The average molecular weight is 283 g/mol. The highest BCUT2D eigenvalue weighted by Crippen LogP contribution is 2.21. The number of hydrogen-bond donors (Lipinski definition) is 0. The molecule has 1 unspecified atom stereocenters. The van der Waals surface area contributed by atoms with Crippen LogP contribution >= 0.6 is 0 Å². The lowest BCUT2D eigenvalue weighted by molar-refractivity contribution is -0.118. The molecule has 1 heterocycles. The molecule has 0 amide bonds. The lowest BCUT2D eigenvalue weighted by Crippen LogP contribution is -2.37. The Hall–Kier alpha value is -1.57. The second-order valence-corrected chi connectivity index (χ2v) is 5.98. The first-order valence-corrected chi connectivity index (χ1v) is 7.10. The first-order valence-electron chi connectivity index (χ1n) is 5.66. The van der Waals surface area contributed by atoms with Gasteiger partial charge in [0.15, 0.2) is 18.3 Å². The molecule has 1 aliphatic rings. The van der Waals surface area contributed by atoms with Crippen molar-refractivity contribution in [3.05, 3.63) is 29.8 Å². The quantitative estimate of drug-likeness (QED) is 0.591. The van der Waals surface area contributed by atoms with Crippen molar-refractivity contribution in [1.29, 1.82) is 0 Å². The van der Waals surface area contributed by atoms with E-state index in [-0.39, 0.29) is 23.8 Å². The van der Waals surface area contributed by atoms with Gasteiger partial charge in [0.2, 0.25) is 10.0 Å². The maximum atomic E-state index is 12.3. The van der Waals surface area contributed by atoms with Crippen LogP contribution < -0.4 is 0 Å². The summed E-state index contributed by atoms with van der Waals surface area (Å²) in [6.45, 7) is 1.73. The molecule has 1 aromatic rings. The molecule has 1 aromatic carbocycles. The normalized spacial score (nSPS) is 20.4. The number of benzene rings is 1. The fourth-order valence-corrected chi connectivity index (χ4v) is 3.28. The average Bonchev–Trinajstić information content (AvgIpc) is 2.87. The van der Waals surface area contributed by atoms with Gasteiger partial charge in [0.05, 0.1) is 11.5 Å². The van der Waals surface area contributed by atoms with Crippen LogP contribution in [0.1, 0.15) is 17.3 Å². The summed E-state index contributed by atoms with van der Waals surface area (Å²) < 4.78 is 30.6. The van der Waals surface area contributed by atoms with Crippen LogP contribution in [-0.2, 0) is 19.6 Å². The first-order chi connectivity index (χ1) is 8.96. The fraction of sp³-hybridized carbons (Fsp3) is 0.333. The van der Waals surface area contributed by atoms with Gasteiger partial charge in [0, 0.05) is 12.1 Å². The van der Waals surface area contributed by atoms with Crippen LogP contribution in [0.25, 0.3) is 0 Å². The molecule has 0 aromatic heterocycles. The van der Waals surface area contributed by atoms with E-state index < -0.39 is 16.3 Å². The molecule has 19 heavy (non-hydrogen) atoms. The van der Waals surface area contributed by atoms with Gasteiger partial charge in [-0.2, -0.15) is 4.31 Å². The molecule has 0 spiro atoms. The minimum absolute atomic E-state index is 0.0369. The molecule has 1 atom stereocenters. The number of hydrogen-bond acceptors (Lipinski definition) is 5. The molecule has 2 rings (SSSR count). The molecular formula is C12H13NO5S. The fourth-order valence-electron chi connectivity index (χ4n) is 1.83.